The molecule has 132 valence electrons. The summed E-state index contributed by atoms with van der Waals surface area (Å²) in [6.07, 6.45) is 7.50. The lowest BCUT2D eigenvalue weighted by molar-refractivity contribution is 0.770. The average molecular weight is 374 g/mol. The van der Waals surface area contributed by atoms with Crippen LogP contribution in [0, 0.1) is 0 Å². The molecule has 5 rings (SSSR count). The van der Waals surface area contributed by atoms with Crippen LogP contribution < -0.4 is 5.32 Å². The van der Waals surface area contributed by atoms with Gasteiger partial charge in [0.05, 0.1) is 11.9 Å². The van der Waals surface area contributed by atoms with Crippen LogP contribution in [0.25, 0.3) is 28.0 Å². The van der Waals surface area contributed by atoms with Crippen LogP contribution in [-0.4, -0.2) is 34.6 Å². The summed E-state index contributed by atoms with van der Waals surface area (Å²) >= 11 is 1.46. The van der Waals surface area contributed by atoms with E-state index in [1.165, 1.54) is 11.3 Å². The van der Waals surface area contributed by atoms with Gasteiger partial charge in [0, 0.05) is 42.5 Å². The number of benzene rings is 1. The Morgan fingerprint density at radius 3 is 2.89 bits per heavy atom. The smallest absolute Gasteiger partial charge is 0.209 e. The van der Waals surface area contributed by atoms with Gasteiger partial charge in [0.1, 0.15) is 5.51 Å². The average Bonchev–Trinajstić information content (AvgIpc) is 3.42. The van der Waals surface area contributed by atoms with E-state index in [0.717, 1.165) is 38.9 Å². The number of aromatic nitrogens is 7. The summed E-state index contributed by atoms with van der Waals surface area (Å²) in [4.78, 5) is 4.62. The minimum absolute atomic E-state index is 0.755. The summed E-state index contributed by atoms with van der Waals surface area (Å²) in [5, 5.41) is 20.8. The number of nitrogens with one attached hydrogen (secondary N) is 1. The van der Waals surface area contributed by atoms with Crippen LogP contribution in [0.5, 0.6) is 0 Å². The van der Waals surface area contributed by atoms with E-state index in [1.54, 1.807) is 14.7 Å². The van der Waals surface area contributed by atoms with E-state index in [2.05, 4.69) is 30.7 Å². The minimum Gasteiger partial charge on any atom is -0.330 e. The van der Waals surface area contributed by atoms with Gasteiger partial charge in [0.15, 0.2) is 5.65 Å². The lowest BCUT2D eigenvalue weighted by Gasteiger charge is -2.05. The lowest BCUT2D eigenvalue weighted by atomic mass is 10.1. The maximum absolute atomic E-state index is 4.62. The zero-order valence-electron chi connectivity index (χ0n) is 14.3. The Morgan fingerprint density at radius 2 is 2.07 bits per heavy atom. The van der Waals surface area contributed by atoms with Crippen molar-refractivity contribution in [3.63, 3.8) is 0 Å². The molecule has 1 aromatic carbocycles. The van der Waals surface area contributed by atoms with Gasteiger partial charge in [0.25, 0.3) is 0 Å². The number of aryl methyl sites for hydroxylation is 1. The van der Waals surface area contributed by atoms with Crippen molar-refractivity contribution in [2.45, 2.75) is 0 Å². The van der Waals surface area contributed by atoms with Gasteiger partial charge in [-0.05, 0) is 23.8 Å². The molecule has 1 N–H and O–H groups in total. The molecule has 4 aromatic heterocycles. The second-order valence-electron chi connectivity index (χ2n) is 5.99. The highest BCUT2D eigenvalue weighted by Gasteiger charge is 2.11. The second kappa shape index (κ2) is 6.29. The summed E-state index contributed by atoms with van der Waals surface area (Å²) in [5.41, 5.74) is 7.20. The van der Waals surface area contributed by atoms with Crippen molar-refractivity contribution in [1.29, 1.82) is 0 Å². The lowest BCUT2D eigenvalue weighted by Crippen LogP contribution is -1.94. The monoisotopic (exact) mass is 374 g/mol. The van der Waals surface area contributed by atoms with Crippen LogP contribution in [0.15, 0.2) is 60.6 Å². The van der Waals surface area contributed by atoms with Crippen molar-refractivity contribution in [3.8, 4) is 22.4 Å². The molecule has 8 nitrogen and oxygen atoms in total. The van der Waals surface area contributed by atoms with Crippen molar-refractivity contribution in [2.75, 3.05) is 5.32 Å². The molecule has 0 saturated carbocycles. The number of fused-ring (bicyclic) bond motifs is 1. The maximum Gasteiger partial charge on any atom is 0.209 e. The van der Waals surface area contributed by atoms with Crippen LogP contribution in [0.1, 0.15) is 0 Å². The molecule has 0 saturated heterocycles. The highest BCUT2D eigenvalue weighted by Crippen LogP contribution is 2.28. The Kier molecular flexibility index (Phi) is 3.65. The quantitative estimate of drug-likeness (QED) is 0.519. The standard InChI is InChI=1S/C18H14N8S/c1-25-6-5-16(24-25)13-8-19-17-15(9-21-26(17)10-13)12-3-2-4-14(7-12)22-18-23-20-11-27-18/h2-11H,1H3,(H,22,23). The normalized spacial score (nSPS) is 11.1. The molecule has 0 radical (unpaired) electrons. The van der Waals surface area contributed by atoms with Crippen molar-refractivity contribution in [1.82, 2.24) is 34.6 Å². The van der Waals surface area contributed by atoms with Gasteiger partial charge in [-0.1, -0.05) is 23.5 Å². The summed E-state index contributed by atoms with van der Waals surface area (Å²) in [7, 11) is 1.89. The molecule has 4 heterocycles. The zero-order chi connectivity index (χ0) is 18.2. The number of rotatable bonds is 4. The van der Waals surface area contributed by atoms with Crippen LogP contribution in [0.4, 0.5) is 10.8 Å². The summed E-state index contributed by atoms with van der Waals surface area (Å²) in [5.74, 6) is 0. The molecule has 0 bridgehead atoms. The fourth-order valence-electron chi connectivity index (χ4n) is 2.90. The van der Waals surface area contributed by atoms with Gasteiger partial charge in [-0.25, -0.2) is 9.50 Å². The predicted molar refractivity (Wildman–Crippen MR) is 104 cm³/mol. The Bertz CT molecular complexity index is 1220. The number of anilines is 2. The third-order valence-corrected chi connectivity index (χ3v) is 4.76. The highest BCUT2D eigenvalue weighted by atomic mass is 32.1. The summed E-state index contributed by atoms with van der Waals surface area (Å²) in [6.45, 7) is 0. The van der Waals surface area contributed by atoms with Gasteiger partial charge in [-0.2, -0.15) is 10.2 Å². The molecule has 0 aliphatic rings. The van der Waals surface area contributed by atoms with Gasteiger partial charge >= 0.3 is 0 Å². The third kappa shape index (κ3) is 2.93. The molecule has 9 heteroatoms. The van der Waals surface area contributed by atoms with E-state index in [0.29, 0.717) is 0 Å². The van der Waals surface area contributed by atoms with E-state index >= 15 is 0 Å². The summed E-state index contributed by atoms with van der Waals surface area (Å²) in [6, 6.07) is 10.0. The largest absolute Gasteiger partial charge is 0.330 e. The number of hydrogen-bond acceptors (Lipinski definition) is 7. The molecule has 27 heavy (non-hydrogen) atoms. The molecular formula is C18H14N8S. The van der Waals surface area contributed by atoms with Crippen molar-refractivity contribution in [2.24, 2.45) is 7.05 Å². The molecule has 0 amide bonds. The molecule has 0 aliphatic heterocycles. The van der Waals surface area contributed by atoms with Crippen LogP contribution in [0.2, 0.25) is 0 Å². The van der Waals surface area contributed by atoms with Gasteiger partial charge in [-0.15, -0.1) is 10.2 Å². The first-order valence-corrected chi connectivity index (χ1v) is 9.11. The Morgan fingerprint density at radius 1 is 1.11 bits per heavy atom. The Hall–Kier alpha value is -3.59. The molecule has 5 aromatic rings. The molecular weight excluding hydrogens is 360 g/mol. The van der Waals surface area contributed by atoms with E-state index in [-0.39, 0.29) is 0 Å². The van der Waals surface area contributed by atoms with E-state index < -0.39 is 0 Å². The Labute approximate surface area is 158 Å². The van der Waals surface area contributed by atoms with Gasteiger partial charge in [0.2, 0.25) is 5.13 Å². The maximum atomic E-state index is 4.62. The summed E-state index contributed by atoms with van der Waals surface area (Å²) < 4.78 is 3.55. The fourth-order valence-corrected chi connectivity index (χ4v) is 3.36. The first kappa shape index (κ1) is 15.6. The molecule has 0 fully saturated rings. The fraction of sp³-hybridized carbons (Fsp3) is 0.0556. The molecule has 0 atom stereocenters. The minimum atomic E-state index is 0.755. The van der Waals surface area contributed by atoms with Gasteiger partial charge in [-0.3, -0.25) is 4.68 Å². The number of hydrogen-bond donors (Lipinski definition) is 1. The van der Waals surface area contributed by atoms with Crippen molar-refractivity contribution >= 4 is 27.8 Å². The Balaban J connectivity index is 1.52. The molecule has 0 unspecified atom stereocenters. The second-order valence-corrected chi connectivity index (χ2v) is 6.83. The number of nitrogens with zero attached hydrogens (tertiary/aromatic N) is 7. The van der Waals surface area contributed by atoms with E-state index in [9.17, 15) is 0 Å². The van der Waals surface area contributed by atoms with Crippen LogP contribution in [0.3, 0.4) is 0 Å². The van der Waals surface area contributed by atoms with E-state index in [1.807, 2.05) is 62.2 Å². The van der Waals surface area contributed by atoms with Crippen molar-refractivity contribution < 1.29 is 0 Å². The first-order chi connectivity index (χ1) is 13.3. The van der Waals surface area contributed by atoms with Crippen molar-refractivity contribution in [3.05, 3.63) is 60.6 Å². The predicted octanol–water partition coefficient (Wildman–Crippen LogP) is 3.39. The topological polar surface area (TPSA) is 85.8 Å². The molecule has 0 aliphatic carbocycles. The first-order valence-electron chi connectivity index (χ1n) is 8.23. The van der Waals surface area contributed by atoms with Gasteiger partial charge < -0.3 is 5.32 Å². The van der Waals surface area contributed by atoms with Crippen LogP contribution >= 0.6 is 11.3 Å². The third-order valence-electron chi connectivity index (χ3n) is 4.15. The highest BCUT2D eigenvalue weighted by molar-refractivity contribution is 7.13. The zero-order valence-corrected chi connectivity index (χ0v) is 15.1. The van der Waals surface area contributed by atoms with E-state index in [4.69, 9.17) is 0 Å². The molecule has 0 spiro atoms. The SMILES string of the molecule is Cn1ccc(-c2cnc3c(-c4cccc(Nc5nncs5)c4)cnn3c2)n1. The van der Waals surface area contributed by atoms with Crippen LogP contribution in [-0.2, 0) is 7.05 Å².